The molecule has 2 heterocycles. The molecule has 2 aromatic rings. The minimum atomic E-state index is 0. The number of amides is 1. The van der Waals surface area contributed by atoms with Crippen molar-refractivity contribution in [1.29, 1.82) is 0 Å². The van der Waals surface area contributed by atoms with E-state index in [2.05, 4.69) is 27.1 Å². The number of aliphatic imine (C=N–C) groups is 1. The van der Waals surface area contributed by atoms with Crippen molar-refractivity contribution < 1.29 is 4.79 Å². The Morgan fingerprint density at radius 3 is 2.62 bits per heavy atom. The molecule has 0 atom stereocenters. The first-order valence-electron chi connectivity index (χ1n) is 9.50. The van der Waals surface area contributed by atoms with Gasteiger partial charge in [0.1, 0.15) is 5.01 Å². The van der Waals surface area contributed by atoms with Gasteiger partial charge in [0, 0.05) is 49.3 Å². The van der Waals surface area contributed by atoms with Gasteiger partial charge in [0.05, 0.1) is 13.0 Å². The Labute approximate surface area is 198 Å². The Kier molecular flexibility index (Phi) is 9.64. The zero-order valence-electron chi connectivity index (χ0n) is 16.7. The van der Waals surface area contributed by atoms with Crippen molar-refractivity contribution in [2.75, 3.05) is 33.2 Å². The molecule has 158 valence electrons. The first-order chi connectivity index (χ1) is 13.6. The fraction of sp³-hybridized carbons (Fsp3) is 0.450. The number of aryl methyl sites for hydroxylation is 1. The molecule has 0 radical (unpaired) electrons. The van der Waals surface area contributed by atoms with Crippen LogP contribution in [0.5, 0.6) is 0 Å². The van der Waals surface area contributed by atoms with E-state index in [1.807, 2.05) is 35.4 Å². The highest BCUT2D eigenvalue weighted by Crippen LogP contribution is 2.14. The number of guanidine groups is 1. The lowest BCUT2D eigenvalue weighted by Gasteiger charge is -2.36. The number of benzene rings is 1. The van der Waals surface area contributed by atoms with Gasteiger partial charge < -0.3 is 15.1 Å². The number of aromatic nitrogens is 1. The topological polar surface area (TPSA) is 60.8 Å². The van der Waals surface area contributed by atoms with E-state index in [-0.39, 0.29) is 29.9 Å². The molecule has 1 amide bonds. The average Bonchev–Trinajstić information content (AvgIpc) is 3.17. The summed E-state index contributed by atoms with van der Waals surface area (Å²) < 4.78 is 0. The van der Waals surface area contributed by atoms with Crippen molar-refractivity contribution >= 4 is 58.8 Å². The molecule has 1 aromatic heterocycles. The molecule has 0 unspecified atom stereocenters. The molecule has 0 aliphatic carbocycles. The van der Waals surface area contributed by atoms with Gasteiger partial charge in [-0.3, -0.25) is 9.79 Å². The van der Waals surface area contributed by atoms with Crippen LogP contribution in [0.4, 0.5) is 0 Å². The van der Waals surface area contributed by atoms with Crippen LogP contribution in [-0.2, 0) is 24.2 Å². The van der Waals surface area contributed by atoms with Crippen LogP contribution in [0.3, 0.4) is 0 Å². The van der Waals surface area contributed by atoms with E-state index in [4.69, 9.17) is 11.6 Å². The molecule has 9 heteroatoms. The lowest BCUT2D eigenvalue weighted by atomic mass is 10.1. The van der Waals surface area contributed by atoms with Gasteiger partial charge in [-0.25, -0.2) is 4.98 Å². The molecule has 1 aliphatic rings. The van der Waals surface area contributed by atoms with Crippen LogP contribution in [0.25, 0.3) is 0 Å². The number of piperazine rings is 1. The maximum atomic E-state index is 12.6. The maximum Gasteiger partial charge on any atom is 0.227 e. The minimum absolute atomic E-state index is 0. The summed E-state index contributed by atoms with van der Waals surface area (Å²) in [6.07, 6.45) is 3.34. The molecule has 6 nitrogen and oxygen atoms in total. The first-order valence-corrected chi connectivity index (χ1v) is 10.7. The van der Waals surface area contributed by atoms with Crippen molar-refractivity contribution in [3.63, 3.8) is 0 Å². The summed E-state index contributed by atoms with van der Waals surface area (Å²) in [4.78, 5) is 26.8. The largest absolute Gasteiger partial charge is 0.350 e. The van der Waals surface area contributed by atoms with Gasteiger partial charge in [0.15, 0.2) is 5.96 Å². The third-order valence-electron chi connectivity index (χ3n) is 4.74. The summed E-state index contributed by atoms with van der Waals surface area (Å²) in [7, 11) is 1.79. The molecule has 29 heavy (non-hydrogen) atoms. The summed E-state index contributed by atoms with van der Waals surface area (Å²) in [5.74, 6) is 0.995. The Hall–Kier alpha value is -1.39. The second-order valence-corrected chi connectivity index (χ2v) is 8.29. The number of nitrogens with one attached hydrogen (secondary N) is 1. The number of nitrogens with zero attached hydrogens (tertiary/aromatic N) is 4. The quantitative estimate of drug-likeness (QED) is 0.354. The van der Waals surface area contributed by atoms with E-state index < -0.39 is 0 Å². The van der Waals surface area contributed by atoms with Crippen LogP contribution in [0.1, 0.15) is 22.4 Å². The highest BCUT2D eigenvalue weighted by Gasteiger charge is 2.23. The van der Waals surface area contributed by atoms with Gasteiger partial charge in [0.2, 0.25) is 5.91 Å². The van der Waals surface area contributed by atoms with E-state index in [0.29, 0.717) is 31.1 Å². The van der Waals surface area contributed by atoms with Crippen molar-refractivity contribution in [1.82, 2.24) is 20.1 Å². The molecule has 1 aliphatic heterocycles. The molecule has 0 spiro atoms. The summed E-state index contributed by atoms with van der Waals surface area (Å²) in [6, 6.07) is 7.49. The molecule has 1 saturated heterocycles. The zero-order valence-corrected chi connectivity index (χ0v) is 20.6. The van der Waals surface area contributed by atoms with Crippen molar-refractivity contribution in [2.24, 2.45) is 4.99 Å². The predicted molar refractivity (Wildman–Crippen MR) is 130 cm³/mol. The van der Waals surface area contributed by atoms with Crippen LogP contribution in [0, 0.1) is 0 Å². The smallest absolute Gasteiger partial charge is 0.227 e. The van der Waals surface area contributed by atoms with Gasteiger partial charge in [0.25, 0.3) is 0 Å². The minimum Gasteiger partial charge on any atom is -0.350 e. The Morgan fingerprint density at radius 2 is 2.00 bits per heavy atom. The van der Waals surface area contributed by atoms with Crippen molar-refractivity contribution in [2.45, 2.75) is 26.3 Å². The molecule has 1 N–H and O–H groups in total. The number of thiazole rings is 1. The average molecular weight is 548 g/mol. The molecule has 1 fully saturated rings. The van der Waals surface area contributed by atoms with E-state index in [9.17, 15) is 4.79 Å². The van der Waals surface area contributed by atoms with Gasteiger partial charge in [-0.05, 0) is 24.1 Å². The Morgan fingerprint density at radius 1 is 1.28 bits per heavy atom. The van der Waals surface area contributed by atoms with E-state index in [1.54, 1.807) is 18.4 Å². The van der Waals surface area contributed by atoms with Crippen LogP contribution in [0.2, 0.25) is 5.02 Å². The summed E-state index contributed by atoms with van der Waals surface area (Å²) in [6.45, 7) is 5.72. The second kappa shape index (κ2) is 11.7. The number of rotatable bonds is 5. The molecule has 1 aromatic carbocycles. The molecule has 3 rings (SSSR count). The van der Waals surface area contributed by atoms with Gasteiger partial charge in [-0.15, -0.1) is 35.3 Å². The molecule has 0 bridgehead atoms. The van der Waals surface area contributed by atoms with Crippen LogP contribution < -0.4 is 5.32 Å². The van der Waals surface area contributed by atoms with E-state index in [0.717, 1.165) is 36.0 Å². The third kappa shape index (κ3) is 6.82. The van der Waals surface area contributed by atoms with Crippen molar-refractivity contribution in [3.05, 3.63) is 50.9 Å². The summed E-state index contributed by atoms with van der Waals surface area (Å²) >= 11 is 7.74. The normalized spacial score (nSPS) is 14.5. The Bertz CT molecular complexity index is 836. The second-order valence-electron chi connectivity index (χ2n) is 6.65. The van der Waals surface area contributed by atoms with Gasteiger partial charge in [-0.2, -0.15) is 0 Å². The number of carbonyl (C=O) groups excluding carboxylic acids is 1. The number of halogens is 2. The number of carbonyl (C=O) groups is 1. The summed E-state index contributed by atoms with van der Waals surface area (Å²) in [5, 5.41) is 5.12. The lowest BCUT2D eigenvalue weighted by Crippen LogP contribution is -2.53. The van der Waals surface area contributed by atoms with Crippen molar-refractivity contribution in [3.8, 4) is 0 Å². The monoisotopic (exact) mass is 547 g/mol. The number of hydrogen-bond acceptors (Lipinski definition) is 4. The highest BCUT2D eigenvalue weighted by atomic mass is 127. The third-order valence-corrected chi connectivity index (χ3v) is 6.11. The van der Waals surface area contributed by atoms with Crippen LogP contribution in [0.15, 0.2) is 35.5 Å². The van der Waals surface area contributed by atoms with Gasteiger partial charge in [-0.1, -0.05) is 30.7 Å². The lowest BCUT2D eigenvalue weighted by molar-refractivity contribution is -0.131. The SMILES string of the molecule is CCc1cnc(CNC(=NC)N2CCN(C(=O)Cc3cccc(Cl)c3)CC2)s1.I. The number of hydrogen-bond donors (Lipinski definition) is 1. The molecular formula is C20H27ClIN5OS. The summed E-state index contributed by atoms with van der Waals surface area (Å²) in [5.41, 5.74) is 0.951. The van der Waals surface area contributed by atoms with E-state index in [1.165, 1.54) is 4.88 Å². The van der Waals surface area contributed by atoms with Crippen LogP contribution >= 0.6 is 46.9 Å². The first kappa shape index (κ1) is 23.9. The molecule has 0 saturated carbocycles. The molecular weight excluding hydrogens is 521 g/mol. The fourth-order valence-corrected chi connectivity index (χ4v) is 4.20. The van der Waals surface area contributed by atoms with E-state index >= 15 is 0 Å². The fourth-order valence-electron chi connectivity index (χ4n) is 3.18. The Balaban J connectivity index is 0.00000300. The standard InChI is InChI=1S/C20H26ClN5OS.HI/c1-3-17-13-23-18(28-17)14-24-20(22-2)26-9-7-25(8-10-26)19(27)12-15-5-4-6-16(21)11-15;/h4-6,11,13H,3,7-10,12,14H2,1-2H3,(H,22,24);1H. The van der Waals surface area contributed by atoms with Crippen LogP contribution in [-0.4, -0.2) is 59.9 Å². The maximum absolute atomic E-state index is 12.6. The van der Waals surface area contributed by atoms with Gasteiger partial charge >= 0.3 is 0 Å². The predicted octanol–water partition coefficient (Wildman–Crippen LogP) is 3.44. The highest BCUT2D eigenvalue weighted by molar-refractivity contribution is 14.0. The zero-order chi connectivity index (χ0) is 19.9.